The second kappa shape index (κ2) is 8.46. The zero-order valence-electron chi connectivity index (χ0n) is 16.3. The van der Waals surface area contributed by atoms with Gasteiger partial charge in [0.2, 0.25) is 0 Å². The molecule has 0 aliphatic carbocycles. The van der Waals surface area contributed by atoms with E-state index < -0.39 is 0 Å². The number of carbonyl (C=O) groups is 1. The minimum atomic E-state index is -0.212. The number of nitrogens with one attached hydrogen (secondary N) is 1. The van der Waals surface area contributed by atoms with Crippen molar-refractivity contribution in [2.75, 3.05) is 36.5 Å². The van der Waals surface area contributed by atoms with Crippen molar-refractivity contribution in [2.24, 2.45) is 0 Å². The van der Waals surface area contributed by atoms with E-state index >= 15 is 0 Å². The van der Waals surface area contributed by atoms with Crippen molar-refractivity contribution in [3.8, 4) is 0 Å². The third-order valence-corrected chi connectivity index (χ3v) is 5.48. The van der Waals surface area contributed by atoms with Gasteiger partial charge in [-0.05, 0) is 37.3 Å². The number of piperidine rings is 1. The lowest BCUT2D eigenvalue weighted by Gasteiger charge is -2.32. The molecule has 0 saturated carbocycles. The Morgan fingerprint density at radius 3 is 2.75 bits per heavy atom. The van der Waals surface area contributed by atoms with Crippen LogP contribution in [0.5, 0.6) is 0 Å². The number of fused-ring (bicyclic) bond motifs is 1. The number of aromatic nitrogens is 2. The minimum Gasteiger partial charge on any atom is -0.450 e. The van der Waals surface area contributed by atoms with E-state index in [1.165, 1.54) is 11.1 Å². The van der Waals surface area contributed by atoms with E-state index in [1.54, 1.807) is 11.2 Å². The highest BCUT2D eigenvalue weighted by Crippen LogP contribution is 2.24. The Kier molecular flexibility index (Phi) is 5.60. The number of benzene rings is 1. The number of ether oxygens (including phenoxy) is 1. The normalized spacial score (nSPS) is 17.2. The van der Waals surface area contributed by atoms with Gasteiger partial charge in [0.25, 0.3) is 0 Å². The summed E-state index contributed by atoms with van der Waals surface area (Å²) in [5.41, 5.74) is 2.80. The smallest absolute Gasteiger partial charge is 0.409 e. The molecule has 1 fully saturated rings. The summed E-state index contributed by atoms with van der Waals surface area (Å²) < 4.78 is 5.08. The predicted octanol–water partition coefficient (Wildman–Crippen LogP) is 3.07. The van der Waals surface area contributed by atoms with Gasteiger partial charge in [-0.3, -0.25) is 0 Å². The largest absolute Gasteiger partial charge is 0.450 e. The minimum absolute atomic E-state index is 0.212. The van der Waals surface area contributed by atoms with Crippen molar-refractivity contribution in [1.29, 1.82) is 0 Å². The first-order valence-corrected chi connectivity index (χ1v) is 10.0. The summed E-state index contributed by atoms with van der Waals surface area (Å²) in [4.78, 5) is 24.8. The highest BCUT2D eigenvalue weighted by Gasteiger charge is 2.24. The van der Waals surface area contributed by atoms with Gasteiger partial charge in [-0.1, -0.05) is 24.3 Å². The van der Waals surface area contributed by atoms with Crippen LogP contribution in [0.2, 0.25) is 0 Å². The Morgan fingerprint density at radius 2 is 1.96 bits per heavy atom. The molecule has 0 spiro atoms. The van der Waals surface area contributed by atoms with Crippen LogP contribution in [0.25, 0.3) is 0 Å². The molecule has 7 nitrogen and oxygen atoms in total. The van der Waals surface area contributed by atoms with Gasteiger partial charge in [0.1, 0.15) is 18.0 Å². The Balaban J connectivity index is 1.36. The topological polar surface area (TPSA) is 70.6 Å². The molecule has 0 bridgehead atoms. The first-order chi connectivity index (χ1) is 13.7. The molecule has 0 atom stereocenters. The van der Waals surface area contributed by atoms with Gasteiger partial charge in [-0.2, -0.15) is 0 Å². The highest BCUT2D eigenvalue weighted by molar-refractivity contribution is 5.67. The monoisotopic (exact) mass is 381 g/mol. The van der Waals surface area contributed by atoms with Gasteiger partial charge in [-0.15, -0.1) is 0 Å². The highest BCUT2D eigenvalue weighted by atomic mass is 16.6. The molecular formula is C21H27N5O2. The Morgan fingerprint density at radius 1 is 1.18 bits per heavy atom. The first kappa shape index (κ1) is 18.5. The molecule has 1 amide bonds. The van der Waals surface area contributed by atoms with Crippen LogP contribution in [0.1, 0.15) is 30.9 Å². The number of rotatable bonds is 4. The third kappa shape index (κ3) is 4.18. The van der Waals surface area contributed by atoms with Crippen LogP contribution < -0.4 is 10.2 Å². The summed E-state index contributed by atoms with van der Waals surface area (Å²) in [6, 6.07) is 10.9. The molecule has 0 unspecified atom stereocenters. The Hall–Kier alpha value is -2.83. The zero-order chi connectivity index (χ0) is 19.3. The van der Waals surface area contributed by atoms with Gasteiger partial charge in [-0.25, -0.2) is 14.8 Å². The van der Waals surface area contributed by atoms with Crippen LogP contribution in [0, 0.1) is 0 Å². The van der Waals surface area contributed by atoms with Crippen molar-refractivity contribution >= 4 is 17.7 Å². The number of amides is 1. The number of nitrogens with zero attached hydrogens (tertiary/aromatic N) is 4. The van der Waals surface area contributed by atoms with Crippen LogP contribution in [-0.4, -0.2) is 53.2 Å². The summed E-state index contributed by atoms with van der Waals surface area (Å²) in [6.45, 7) is 5.51. The van der Waals surface area contributed by atoms with Crippen molar-refractivity contribution < 1.29 is 9.53 Å². The van der Waals surface area contributed by atoms with Crippen LogP contribution in [0.3, 0.4) is 0 Å². The zero-order valence-corrected chi connectivity index (χ0v) is 16.3. The molecule has 2 aliphatic heterocycles. The van der Waals surface area contributed by atoms with Crippen LogP contribution in [0.15, 0.2) is 36.7 Å². The Labute approximate surface area is 165 Å². The van der Waals surface area contributed by atoms with Gasteiger partial charge < -0.3 is 19.9 Å². The predicted molar refractivity (Wildman–Crippen MR) is 108 cm³/mol. The molecule has 3 heterocycles. The molecule has 1 aromatic carbocycles. The number of likely N-dealkylation sites (tertiary alicyclic amines) is 1. The number of hydrogen-bond acceptors (Lipinski definition) is 6. The van der Waals surface area contributed by atoms with Crippen molar-refractivity contribution in [3.63, 3.8) is 0 Å². The van der Waals surface area contributed by atoms with Crippen LogP contribution >= 0.6 is 0 Å². The third-order valence-electron chi connectivity index (χ3n) is 5.48. The fourth-order valence-electron chi connectivity index (χ4n) is 3.92. The molecule has 148 valence electrons. The fraction of sp³-hybridized carbons (Fsp3) is 0.476. The molecule has 2 aromatic rings. The molecule has 7 heteroatoms. The molecule has 1 saturated heterocycles. The molecule has 28 heavy (non-hydrogen) atoms. The van der Waals surface area contributed by atoms with Crippen molar-refractivity contribution in [2.45, 2.75) is 38.8 Å². The first-order valence-electron chi connectivity index (χ1n) is 10.0. The molecule has 4 rings (SSSR count). The maximum atomic E-state index is 11.8. The number of carbonyl (C=O) groups excluding carboxylic acids is 1. The summed E-state index contributed by atoms with van der Waals surface area (Å²) >= 11 is 0. The molecule has 1 N–H and O–H groups in total. The lowest BCUT2D eigenvalue weighted by atomic mass is 10.00. The van der Waals surface area contributed by atoms with Gasteiger partial charge in [0.15, 0.2) is 0 Å². The molecule has 1 aromatic heterocycles. The Bertz CT molecular complexity index is 820. The SMILES string of the molecule is CCOC(=O)N1CCC(Nc2cc(N3CCc4ccccc4C3)ncn2)CC1. The van der Waals surface area contributed by atoms with E-state index in [2.05, 4.69) is 44.5 Å². The lowest BCUT2D eigenvalue weighted by Crippen LogP contribution is -2.42. The van der Waals surface area contributed by atoms with Gasteiger partial charge >= 0.3 is 6.09 Å². The van der Waals surface area contributed by atoms with Crippen molar-refractivity contribution in [1.82, 2.24) is 14.9 Å². The van der Waals surface area contributed by atoms with Crippen molar-refractivity contribution in [3.05, 3.63) is 47.8 Å². The molecule has 2 aliphatic rings. The summed E-state index contributed by atoms with van der Waals surface area (Å²) in [5.74, 6) is 1.80. The lowest BCUT2D eigenvalue weighted by molar-refractivity contribution is 0.0983. The maximum Gasteiger partial charge on any atom is 0.409 e. The summed E-state index contributed by atoms with van der Waals surface area (Å²) in [6.07, 6.45) is 4.22. The quantitative estimate of drug-likeness (QED) is 0.878. The molecular weight excluding hydrogens is 354 g/mol. The standard InChI is InChI=1S/C21H27N5O2/c1-2-28-21(27)25-11-8-18(9-12-25)24-19-13-20(23-15-22-19)26-10-7-16-5-3-4-6-17(16)14-26/h3-6,13,15,18H,2,7-12,14H2,1H3,(H,22,23,24). The van der Waals surface area contributed by atoms with E-state index in [4.69, 9.17) is 4.74 Å². The maximum absolute atomic E-state index is 11.8. The summed E-state index contributed by atoms with van der Waals surface area (Å²) in [7, 11) is 0. The van der Waals surface area contributed by atoms with E-state index in [0.29, 0.717) is 25.7 Å². The fourth-order valence-corrected chi connectivity index (χ4v) is 3.92. The second-order valence-electron chi connectivity index (χ2n) is 7.31. The summed E-state index contributed by atoms with van der Waals surface area (Å²) in [5, 5.41) is 3.51. The average molecular weight is 381 g/mol. The van der Waals surface area contributed by atoms with E-state index in [9.17, 15) is 4.79 Å². The second-order valence-corrected chi connectivity index (χ2v) is 7.31. The van der Waals surface area contributed by atoms with Gasteiger partial charge in [0, 0.05) is 38.3 Å². The van der Waals surface area contributed by atoms with E-state index in [-0.39, 0.29) is 6.09 Å². The number of hydrogen-bond donors (Lipinski definition) is 1. The number of anilines is 2. The van der Waals surface area contributed by atoms with E-state index in [0.717, 1.165) is 44.0 Å². The molecule has 0 radical (unpaired) electrons. The average Bonchev–Trinajstić information content (AvgIpc) is 2.74. The van der Waals surface area contributed by atoms with Gasteiger partial charge in [0.05, 0.1) is 6.61 Å². The van der Waals surface area contributed by atoms with Crippen LogP contribution in [-0.2, 0) is 17.7 Å². The van der Waals surface area contributed by atoms with Crippen LogP contribution in [0.4, 0.5) is 16.4 Å². The van der Waals surface area contributed by atoms with E-state index in [1.807, 2.05) is 13.0 Å².